The number of hydrogen-bond acceptors (Lipinski definition) is 3. The summed E-state index contributed by atoms with van der Waals surface area (Å²) in [5.41, 5.74) is 2.37. The van der Waals surface area contributed by atoms with Crippen LogP contribution in [0.4, 0.5) is 0 Å². The lowest BCUT2D eigenvalue weighted by Gasteiger charge is -2.29. The van der Waals surface area contributed by atoms with Gasteiger partial charge < -0.3 is 4.74 Å². The standard InChI is InChI=1S/C20H27NO2/c1-20(2,3)23-19(22)17-11-7-10-16-13-21(14-18(16)17)12-15-8-5-4-6-9-15/h4-6,8-10,17-18H,7,11-14H2,1-3H3. The fourth-order valence-electron chi connectivity index (χ4n) is 3.71. The van der Waals surface area contributed by atoms with Crippen molar-refractivity contribution in [3.63, 3.8) is 0 Å². The highest BCUT2D eigenvalue weighted by Gasteiger charge is 2.40. The van der Waals surface area contributed by atoms with Crippen LogP contribution in [0.1, 0.15) is 39.2 Å². The number of carbonyl (C=O) groups excluding carboxylic acids is 1. The first-order valence-electron chi connectivity index (χ1n) is 8.60. The van der Waals surface area contributed by atoms with Crippen LogP contribution in [0.2, 0.25) is 0 Å². The molecule has 0 radical (unpaired) electrons. The molecule has 3 nitrogen and oxygen atoms in total. The van der Waals surface area contributed by atoms with E-state index in [0.29, 0.717) is 5.92 Å². The van der Waals surface area contributed by atoms with Gasteiger partial charge in [0.2, 0.25) is 0 Å². The van der Waals surface area contributed by atoms with E-state index in [1.165, 1.54) is 11.1 Å². The number of fused-ring (bicyclic) bond motifs is 1. The van der Waals surface area contributed by atoms with Crippen LogP contribution in [0, 0.1) is 11.8 Å². The Morgan fingerprint density at radius 2 is 2.00 bits per heavy atom. The predicted molar refractivity (Wildman–Crippen MR) is 91.9 cm³/mol. The third-order valence-corrected chi connectivity index (χ3v) is 4.67. The molecule has 0 bridgehead atoms. The van der Waals surface area contributed by atoms with E-state index in [2.05, 4.69) is 35.2 Å². The second-order valence-electron chi connectivity index (χ2n) is 7.76. The number of esters is 1. The molecule has 1 aromatic rings. The Morgan fingerprint density at radius 3 is 2.70 bits per heavy atom. The van der Waals surface area contributed by atoms with Crippen LogP contribution in [-0.4, -0.2) is 29.6 Å². The number of carbonyl (C=O) groups is 1. The van der Waals surface area contributed by atoms with Gasteiger partial charge in [-0.05, 0) is 39.2 Å². The van der Waals surface area contributed by atoms with Gasteiger partial charge in [-0.3, -0.25) is 9.69 Å². The Labute approximate surface area is 139 Å². The van der Waals surface area contributed by atoms with Gasteiger partial charge in [-0.15, -0.1) is 0 Å². The second-order valence-corrected chi connectivity index (χ2v) is 7.76. The summed E-state index contributed by atoms with van der Waals surface area (Å²) in [6.07, 6.45) is 4.26. The van der Waals surface area contributed by atoms with Gasteiger partial charge in [0.25, 0.3) is 0 Å². The molecule has 124 valence electrons. The van der Waals surface area contributed by atoms with E-state index in [1.807, 2.05) is 26.8 Å². The van der Waals surface area contributed by atoms with Gasteiger partial charge >= 0.3 is 5.97 Å². The average Bonchev–Trinajstić information content (AvgIpc) is 2.88. The lowest BCUT2D eigenvalue weighted by Crippen LogP contribution is -2.35. The van der Waals surface area contributed by atoms with E-state index in [9.17, 15) is 4.79 Å². The van der Waals surface area contributed by atoms with E-state index in [1.54, 1.807) is 0 Å². The molecule has 0 amide bonds. The minimum atomic E-state index is -0.402. The molecule has 0 saturated carbocycles. The minimum absolute atomic E-state index is 0.0188. The first kappa shape index (κ1) is 16.3. The van der Waals surface area contributed by atoms with Crippen LogP contribution >= 0.6 is 0 Å². The van der Waals surface area contributed by atoms with E-state index >= 15 is 0 Å². The Bertz CT molecular complexity index is 585. The van der Waals surface area contributed by atoms with Crippen molar-refractivity contribution in [2.75, 3.05) is 13.1 Å². The largest absolute Gasteiger partial charge is 0.460 e. The van der Waals surface area contributed by atoms with Crippen molar-refractivity contribution in [1.82, 2.24) is 4.90 Å². The zero-order chi connectivity index (χ0) is 16.4. The zero-order valence-electron chi connectivity index (χ0n) is 14.4. The molecule has 1 aliphatic heterocycles. The second kappa shape index (κ2) is 6.48. The summed E-state index contributed by atoms with van der Waals surface area (Å²) >= 11 is 0. The number of likely N-dealkylation sites (tertiary alicyclic amines) is 1. The van der Waals surface area contributed by atoms with Crippen molar-refractivity contribution in [3.05, 3.63) is 47.5 Å². The summed E-state index contributed by atoms with van der Waals surface area (Å²) in [4.78, 5) is 15.0. The molecular formula is C20H27NO2. The van der Waals surface area contributed by atoms with Crippen LogP contribution in [0.5, 0.6) is 0 Å². The first-order valence-corrected chi connectivity index (χ1v) is 8.60. The van der Waals surface area contributed by atoms with Crippen molar-refractivity contribution in [2.45, 2.75) is 45.8 Å². The number of hydrogen-bond donors (Lipinski definition) is 0. The smallest absolute Gasteiger partial charge is 0.310 e. The van der Waals surface area contributed by atoms with E-state index in [4.69, 9.17) is 4.74 Å². The predicted octanol–water partition coefficient (Wildman–Crippen LogP) is 3.80. The van der Waals surface area contributed by atoms with Crippen molar-refractivity contribution in [1.29, 1.82) is 0 Å². The summed E-state index contributed by atoms with van der Waals surface area (Å²) in [7, 11) is 0. The third kappa shape index (κ3) is 4.03. The Hall–Kier alpha value is -1.61. The van der Waals surface area contributed by atoms with Gasteiger partial charge in [0.05, 0.1) is 5.92 Å². The third-order valence-electron chi connectivity index (χ3n) is 4.67. The molecule has 0 aromatic heterocycles. The number of benzene rings is 1. The maximum absolute atomic E-state index is 12.6. The molecule has 1 fully saturated rings. The molecule has 3 rings (SSSR count). The normalized spacial score (nSPS) is 24.9. The fourth-order valence-corrected chi connectivity index (χ4v) is 3.71. The molecule has 1 aliphatic carbocycles. The molecule has 1 saturated heterocycles. The summed E-state index contributed by atoms with van der Waals surface area (Å²) in [5, 5.41) is 0. The number of allylic oxidation sites excluding steroid dienone is 1. The van der Waals surface area contributed by atoms with Gasteiger partial charge in [0, 0.05) is 25.6 Å². The van der Waals surface area contributed by atoms with E-state index < -0.39 is 5.60 Å². The number of ether oxygens (including phenoxy) is 1. The van der Waals surface area contributed by atoms with Gasteiger partial charge in [0.1, 0.15) is 5.60 Å². The van der Waals surface area contributed by atoms with Crippen molar-refractivity contribution in [2.24, 2.45) is 11.8 Å². The lowest BCUT2D eigenvalue weighted by molar-refractivity contribution is -0.161. The fraction of sp³-hybridized carbons (Fsp3) is 0.550. The van der Waals surface area contributed by atoms with Gasteiger partial charge in [-0.2, -0.15) is 0 Å². The Morgan fingerprint density at radius 1 is 1.26 bits per heavy atom. The Balaban J connectivity index is 1.67. The summed E-state index contributed by atoms with van der Waals surface area (Å²) in [5.74, 6) is 0.340. The minimum Gasteiger partial charge on any atom is -0.460 e. The molecule has 1 heterocycles. The SMILES string of the molecule is CC(C)(C)OC(=O)C1CCC=C2CN(Cc3ccccc3)CC21. The lowest BCUT2D eigenvalue weighted by atomic mass is 9.80. The quantitative estimate of drug-likeness (QED) is 0.628. The van der Waals surface area contributed by atoms with Crippen molar-refractivity contribution < 1.29 is 9.53 Å². The molecule has 23 heavy (non-hydrogen) atoms. The highest BCUT2D eigenvalue weighted by atomic mass is 16.6. The molecule has 0 N–H and O–H groups in total. The highest BCUT2D eigenvalue weighted by Crippen LogP contribution is 2.38. The molecule has 2 atom stereocenters. The van der Waals surface area contributed by atoms with Gasteiger partial charge in [0.15, 0.2) is 0 Å². The van der Waals surface area contributed by atoms with Crippen molar-refractivity contribution in [3.8, 4) is 0 Å². The summed E-state index contributed by atoms with van der Waals surface area (Å²) < 4.78 is 5.65. The van der Waals surface area contributed by atoms with Crippen LogP contribution in [-0.2, 0) is 16.1 Å². The summed E-state index contributed by atoms with van der Waals surface area (Å²) in [6, 6.07) is 10.6. The number of nitrogens with zero attached hydrogens (tertiary/aromatic N) is 1. The molecule has 2 aliphatic rings. The van der Waals surface area contributed by atoms with E-state index in [0.717, 1.165) is 32.5 Å². The van der Waals surface area contributed by atoms with E-state index in [-0.39, 0.29) is 11.9 Å². The van der Waals surface area contributed by atoms with Crippen LogP contribution in [0.3, 0.4) is 0 Å². The van der Waals surface area contributed by atoms with Gasteiger partial charge in [-0.1, -0.05) is 42.0 Å². The molecule has 3 heteroatoms. The van der Waals surface area contributed by atoms with Crippen molar-refractivity contribution >= 4 is 5.97 Å². The zero-order valence-corrected chi connectivity index (χ0v) is 14.4. The monoisotopic (exact) mass is 313 g/mol. The number of rotatable bonds is 3. The highest BCUT2D eigenvalue weighted by molar-refractivity contribution is 5.74. The maximum Gasteiger partial charge on any atom is 0.310 e. The maximum atomic E-state index is 12.6. The van der Waals surface area contributed by atoms with Gasteiger partial charge in [-0.25, -0.2) is 0 Å². The molecule has 1 aromatic carbocycles. The average molecular weight is 313 g/mol. The Kier molecular flexibility index (Phi) is 4.58. The molecule has 0 spiro atoms. The first-order chi connectivity index (χ1) is 10.9. The molecule has 2 unspecified atom stereocenters. The molecular weight excluding hydrogens is 286 g/mol. The van der Waals surface area contributed by atoms with Crippen LogP contribution in [0.25, 0.3) is 0 Å². The summed E-state index contributed by atoms with van der Waals surface area (Å²) in [6.45, 7) is 8.74. The van der Waals surface area contributed by atoms with Crippen LogP contribution < -0.4 is 0 Å². The van der Waals surface area contributed by atoms with Crippen LogP contribution in [0.15, 0.2) is 42.0 Å². The topological polar surface area (TPSA) is 29.5 Å².